The highest BCUT2D eigenvalue weighted by molar-refractivity contribution is 6.33. The molecule has 0 aliphatic carbocycles. The van der Waals surface area contributed by atoms with Gasteiger partial charge >= 0.3 is 0 Å². The van der Waals surface area contributed by atoms with Gasteiger partial charge in [-0.05, 0) is 37.0 Å². The van der Waals surface area contributed by atoms with Gasteiger partial charge in [-0.2, -0.15) is 0 Å². The number of hydrogen-bond donors (Lipinski definition) is 2. The fraction of sp³-hybridized carbons (Fsp3) is 0.379. The van der Waals surface area contributed by atoms with Crippen molar-refractivity contribution in [3.8, 4) is 11.3 Å². The Morgan fingerprint density at radius 3 is 2.72 bits per heavy atom. The zero-order valence-corrected chi connectivity index (χ0v) is 22.8. The van der Waals surface area contributed by atoms with Gasteiger partial charge in [-0.1, -0.05) is 54.1 Å². The lowest BCUT2D eigenvalue weighted by molar-refractivity contribution is -0.124. The molecule has 2 aliphatic rings. The second-order valence-electron chi connectivity index (χ2n) is 10.1. The molecule has 10 heteroatoms. The molecule has 0 radical (unpaired) electrons. The van der Waals surface area contributed by atoms with Crippen LogP contribution >= 0.6 is 11.6 Å². The van der Waals surface area contributed by atoms with E-state index in [0.717, 1.165) is 24.0 Å². The number of methoxy groups -OCH3 is 1. The zero-order valence-electron chi connectivity index (χ0n) is 22.1. The summed E-state index contributed by atoms with van der Waals surface area (Å²) in [5, 5.41) is 6.82. The van der Waals surface area contributed by atoms with Gasteiger partial charge in [0.15, 0.2) is 0 Å². The van der Waals surface area contributed by atoms with E-state index in [1.807, 2.05) is 49.4 Å². The normalized spacial score (nSPS) is 17.0. The summed E-state index contributed by atoms with van der Waals surface area (Å²) in [5.41, 5.74) is 2.85. The largest absolute Gasteiger partial charge is 0.382 e. The van der Waals surface area contributed by atoms with E-state index in [2.05, 4.69) is 20.6 Å². The monoisotopic (exact) mass is 549 g/mol. The summed E-state index contributed by atoms with van der Waals surface area (Å²) in [5.74, 6) is 0.0206. The topological polar surface area (TPSA) is 106 Å². The van der Waals surface area contributed by atoms with Crippen molar-refractivity contribution in [1.82, 2.24) is 20.2 Å². The van der Waals surface area contributed by atoms with Crippen molar-refractivity contribution in [2.24, 2.45) is 0 Å². The summed E-state index contributed by atoms with van der Waals surface area (Å²) in [4.78, 5) is 36.9. The van der Waals surface area contributed by atoms with Gasteiger partial charge in [-0.25, -0.2) is 9.97 Å². The number of aromatic nitrogens is 2. The Labute approximate surface area is 232 Å². The standard InChI is InChI=1S/C29H32ClN5O4/c1-29(18-38-2,21-6-4-3-5-7-21)34-25(36)17-35-16-20-9-8-19(14-23(20)27(35)37)26-24(30)15-31-28(33-26)32-22-10-12-39-13-11-22/h3-9,14-15,22H,10-13,16-18H2,1-2H3,(H,34,36)(H,31,32,33). The summed E-state index contributed by atoms with van der Waals surface area (Å²) in [6.45, 7) is 3.90. The van der Waals surface area contributed by atoms with Crippen molar-refractivity contribution >= 4 is 29.4 Å². The number of nitrogens with zero attached hydrogens (tertiary/aromatic N) is 3. The van der Waals surface area contributed by atoms with Crippen molar-refractivity contribution in [2.75, 3.05) is 38.8 Å². The number of rotatable bonds is 9. The predicted molar refractivity (Wildman–Crippen MR) is 148 cm³/mol. The molecule has 1 fully saturated rings. The van der Waals surface area contributed by atoms with E-state index in [1.54, 1.807) is 24.3 Å². The van der Waals surface area contributed by atoms with Crippen LogP contribution in [0.15, 0.2) is 54.7 Å². The van der Waals surface area contributed by atoms with Crippen LogP contribution in [0.2, 0.25) is 5.02 Å². The third-order valence-electron chi connectivity index (χ3n) is 7.15. The molecule has 2 aliphatic heterocycles. The number of halogens is 1. The van der Waals surface area contributed by atoms with Crippen LogP contribution in [-0.2, 0) is 26.4 Å². The summed E-state index contributed by atoms with van der Waals surface area (Å²) < 4.78 is 10.8. The van der Waals surface area contributed by atoms with Crippen molar-refractivity contribution in [3.05, 3.63) is 76.4 Å². The van der Waals surface area contributed by atoms with Gasteiger partial charge in [0, 0.05) is 44.0 Å². The Hall–Kier alpha value is -3.53. The van der Waals surface area contributed by atoms with Crippen LogP contribution in [-0.4, -0.2) is 66.2 Å². The lowest BCUT2D eigenvalue weighted by atomic mass is 9.93. The van der Waals surface area contributed by atoms with E-state index in [4.69, 9.17) is 21.1 Å². The zero-order chi connectivity index (χ0) is 27.4. The molecule has 3 aromatic rings. The highest BCUT2D eigenvalue weighted by Gasteiger charge is 2.33. The third-order valence-corrected chi connectivity index (χ3v) is 7.43. The number of anilines is 1. The first kappa shape index (κ1) is 27.1. The molecular weight excluding hydrogens is 518 g/mol. The molecule has 1 atom stereocenters. The minimum Gasteiger partial charge on any atom is -0.382 e. The van der Waals surface area contributed by atoms with Gasteiger partial charge < -0.3 is 25.0 Å². The fourth-order valence-corrected chi connectivity index (χ4v) is 5.31. The first-order valence-electron chi connectivity index (χ1n) is 13.0. The molecule has 1 aromatic heterocycles. The number of nitrogens with one attached hydrogen (secondary N) is 2. The first-order chi connectivity index (χ1) is 18.9. The third kappa shape index (κ3) is 6.06. The van der Waals surface area contributed by atoms with Crippen LogP contribution in [0.1, 0.15) is 41.3 Å². The molecule has 39 heavy (non-hydrogen) atoms. The van der Waals surface area contributed by atoms with E-state index in [1.165, 1.54) is 0 Å². The summed E-state index contributed by atoms with van der Waals surface area (Å²) in [7, 11) is 1.60. The minimum absolute atomic E-state index is 0.0670. The van der Waals surface area contributed by atoms with Gasteiger partial charge in [0.05, 0.1) is 29.1 Å². The highest BCUT2D eigenvalue weighted by atomic mass is 35.5. The second-order valence-corrected chi connectivity index (χ2v) is 10.5. The van der Waals surface area contributed by atoms with Gasteiger partial charge in [-0.3, -0.25) is 9.59 Å². The van der Waals surface area contributed by atoms with Crippen LogP contribution < -0.4 is 10.6 Å². The van der Waals surface area contributed by atoms with Crippen LogP contribution in [0.4, 0.5) is 5.95 Å². The molecule has 5 rings (SSSR count). The van der Waals surface area contributed by atoms with Crippen LogP contribution in [0.5, 0.6) is 0 Å². The number of carbonyl (C=O) groups is 2. The highest BCUT2D eigenvalue weighted by Crippen LogP contribution is 2.32. The molecule has 0 bridgehead atoms. The second kappa shape index (κ2) is 11.7. The van der Waals surface area contributed by atoms with Crippen molar-refractivity contribution in [3.63, 3.8) is 0 Å². The molecule has 0 saturated carbocycles. The van der Waals surface area contributed by atoms with Gasteiger partial charge in [0.1, 0.15) is 6.54 Å². The SMILES string of the molecule is COCC(C)(NC(=O)CN1Cc2ccc(-c3nc(NC4CCOCC4)ncc3Cl)cc2C1=O)c1ccccc1. The molecule has 2 N–H and O–H groups in total. The summed E-state index contributed by atoms with van der Waals surface area (Å²) in [6, 6.07) is 15.5. The Morgan fingerprint density at radius 1 is 1.21 bits per heavy atom. The first-order valence-corrected chi connectivity index (χ1v) is 13.4. The van der Waals surface area contributed by atoms with Crippen LogP contribution in [0, 0.1) is 0 Å². The van der Waals surface area contributed by atoms with Crippen molar-refractivity contribution in [2.45, 2.75) is 37.9 Å². The van der Waals surface area contributed by atoms with Crippen LogP contribution in [0.3, 0.4) is 0 Å². The molecular formula is C29H32ClN5O4. The molecule has 1 saturated heterocycles. The number of amides is 2. The average molecular weight is 550 g/mol. The fourth-order valence-electron chi connectivity index (χ4n) is 5.11. The number of fused-ring (bicyclic) bond motifs is 1. The Balaban J connectivity index is 1.29. The Kier molecular flexibility index (Phi) is 8.11. The van der Waals surface area contributed by atoms with E-state index < -0.39 is 5.54 Å². The van der Waals surface area contributed by atoms with E-state index in [-0.39, 0.29) is 24.4 Å². The summed E-state index contributed by atoms with van der Waals surface area (Å²) >= 11 is 6.46. The quantitative estimate of drug-likeness (QED) is 0.415. The maximum atomic E-state index is 13.3. The maximum absolute atomic E-state index is 13.3. The van der Waals surface area contributed by atoms with Gasteiger partial charge in [0.25, 0.3) is 5.91 Å². The van der Waals surface area contributed by atoms with Crippen molar-refractivity contribution in [1.29, 1.82) is 0 Å². The van der Waals surface area contributed by atoms with Gasteiger partial charge in [-0.15, -0.1) is 0 Å². The minimum atomic E-state index is -0.726. The molecule has 9 nitrogen and oxygen atoms in total. The Bertz CT molecular complexity index is 1350. The molecule has 3 heterocycles. The molecule has 2 aromatic carbocycles. The summed E-state index contributed by atoms with van der Waals surface area (Å²) in [6.07, 6.45) is 3.34. The molecule has 204 valence electrons. The average Bonchev–Trinajstić information content (AvgIpc) is 3.25. The lowest BCUT2D eigenvalue weighted by Crippen LogP contribution is -2.50. The van der Waals surface area contributed by atoms with Gasteiger partial charge in [0.2, 0.25) is 11.9 Å². The number of ether oxygens (including phenoxy) is 2. The number of carbonyl (C=O) groups excluding carboxylic acids is 2. The molecule has 1 unspecified atom stereocenters. The van der Waals surface area contributed by atoms with Crippen LogP contribution in [0.25, 0.3) is 11.3 Å². The Morgan fingerprint density at radius 2 is 1.97 bits per heavy atom. The predicted octanol–water partition coefficient (Wildman–Crippen LogP) is 4.02. The maximum Gasteiger partial charge on any atom is 0.254 e. The lowest BCUT2D eigenvalue weighted by Gasteiger charge is -2.31. The molecule has 2 amide bonds. The number of benzene rings is 2. The van der Waals surface area contributed by atoms with E-state index in [9.17, 15) is 9.59 Å². The molecule has 0 spiro atoms. The van der Waals surface area contributed by atoms with Crippen molar-refractivity contribution < 1.29 is 19.1 Å². The van der Waals surface area contributed by atoms with E-state index in [0.29, 0.717) is 54.2 Å². The number of hydrogen-bond acceptors (Lipinski definition) is 7. The van der Waals surface area contributed by atoms with E-state index >= 15 is 0 Å². The smallest absolute Gasteiger partial charge is 0.254 e.